The number of methoxy groups -OCH3 is 3. The van der Waals surface area contributed by atoms with Gasteiger partial charge in [0.25, 0.3) is 5.56 Å². The van der Waals surface area contributed by atoms with E-state index in [4.69, 9.17) is 23.7 Å². The average Bonchev–Trinajstić information content (AvgIpc) is 3.24. The second-order valence-electron chi connectivity index (χ2n) is 9.66. The van der Waals surface area contributed by atoms with E-state index in [1.54, 1.807) is 50.4 Å². The number of esters is 2. The van der Waals surface area contributed by atoms with Crippen LogP contribution >= 0.6 is 11.3 Å². The lowest BCUT2D eigenvalue weighted by Crippen LogP contribution is -2.40. The van der Waals surface area contributed by atoms with Crippen LogP contribution in [-0.2, 0) is 14.3 Å². The maximum Gasteiger partial charge on any atom is 0.338 e. The number of para-hydroxylation sites is 1. The monoisotopic (exact) mass is 580 g/mol. The van der Waals surface area contributed by atoms with E-state index < -0.39 is 18.0 Å². The summed E-state index contributed by atoms with van der Waals surface area (Å²) in [4.78, 5) is 44.1. The highest BCUT2D eigenvalue weighted by molar-refractivity contribution is 7.07. The van der Waals surface area contributed by atoms with E-state index in [1.807, 2.05) is 19.9 Å². The number of allylic oxidation sites excluding steroid dienone is 1. The van der Waals surface area contributed by atoms with Crippen molar-refractivity contribution >= 4 is 29.4 Å². The molecule has 3 aromatic rings. The van der Waals surface area contributed by atoms with Crippen molar-refractivity contribution < 1.29 is 33.3 Å². The minimum Gasteiger partial charge on any atom is -0.493 e. The summed E-state index contributed by atoms with van der Waals surface area (Å²) >= 11 is 1.19. The molecule has 2 heterocycles. The van der Waals surface area contributed by atoms with Crippen molar-refractivity contribution in [2.24, 2.45) is 10.9 Å². The summed E-state index contributed by atoms with van der Waals surface area (Å²) in [6.45, 7) is 7.08. The molecule has 1 aliphatic heterocycles. The number of carbonyl (C=O) groups excluding carboxylic acids is 2. The van der Waals surface area contributed by atoms with E-state index in [1.165, 1.54) is 37.0 Å². The first-order valence-electron chi connectivity index (χ1n) is 12.9. The number of rotatable bonds is 9. The molecule has 1 aliphatic rings. The number of carbonyl (C=O) groups is 2. The Balaban J connectivity index is 1.95. The first-order chi connectivity index (χ1) is 19.6. The van der Waals surface area contributed by atoms with Crippen LogP contribution in [0.4, 0.5) is 0 Å². The molecule has 2 aromatic carbocycles. The smallest absolute Gasteiger partial charge is 0.338 e. The van der Waals surface area contributed by atoms with Gasteiger partial charge in [-0.2, -0.15) is 0 Å². The Morgan fingerprint density at radius 2 is 1.78 bits per heavy atom. The highest BCUT2D eigenvalue weighted by atomic mass is 32.1. The quantitative estimate of drug-likeness (QED) is 0.280. The van der Waals surface area contributed by atoms with Gasteiger partial charge >= 0.3 is 11.9 Å². The zero-order valence-electron chi connectivity index (χ0n) is 24.0. The fourth-order valence-corrected chi connectivity index (χ4v) is 5.52. The number of aromatic nitrogens is 1. The highest BCUT2D eigenvalue weighted by Crippen LogP contribution is 2.36. The van der Waals surface area contributed by atoms with Gasteiger partial charge in [-0.15, -0.1) is 0 Å². The Bertz CT molecular complexity index is 1700. The Kier molecular flexibility index (Phi) is 8.97. The maximum absolute atomic E-state index is 14.0. The van der Waals surface area contributed by atoms with E-state index in [0.29, 0.717) is 37.7 Å². The summed E-state index contributed by atoms with van der Waals surface area (Å²) in [5, 5.41) is 0. The first kappa shape index (κ1) is 29.6. The SMILES string of the molecule is COc1cc([C@@H]2C(C(=O)OCC(C)C)=C(C)N=c3s/c(=C/c4cccc(OC)c4OC)c(=O)n32)ccc1OC(C)=O. The zero-order valence-corrected chi connectivity index (χ0v) is 24.8. The fraction of sp³-hybridized carbons (Fsp3) is 0.333. The van der Waals surface area contributed by atoms with E-state index >= 15 is 0 Å². The molecule has 10 nitrogen and oxygen atoms in total. The van der Waals surface area contributed by atoms with Crippen molar-refractivity contribution in [1.29, 1.82) is 0 Å². The Morgan fingerprint density at radius 3 is 2.41 bits per heavy atom. The molecule has 216 valence electrons. The lowest BCUT2D eigenvalue weighted by molar-refractivity contribution is -0.140. The molecule has 11 heteroatoms. The highest BCUT2D eigenvalue weighted by Gasteiger charge is 2.34. The normalized spacial score (nSPS) is 14.8. The van der Waals surface area contributed by atoms with Gasteiger partial charge in [-0.05, 0) is 42.7 Å². The van der Waals surface area contributed by atoms with Gasteiger partial charge in [0.1, 0.15) is 0 Å². The van der Waals surface area contributed by atoms with Crippen molar-refractivity contribution in [3.63, 3.8) is 0 Å². The van der Waals surface area contributed by atoms with Crippen LogP contribution in [0.3, 0.4) is 0 Å². The predicted octanol–water partition coefficient (Wildman–Crippen LogP) is 3.39. The number of nitrogens with zero attached hydrogens (tertiary/aromatic N) is 2. The third kappa shape index (κ3) is 6.04. The molecule has 4 rings (SSSR count). The lowest BCUT2D eigenvalue weighted by Gasteiger charge is -2.25. The summed E-state index contributed by atoms with van der Waals surface area (Å²) in [7, 11) is 4.51. The second-order valence-corrected chi connectivity index (χ2v) is 10.7. The topological polar surface area (TPSA) is 115 Å². The molecule has 0 fully saturated rings. The number of ether oxygens (including phenoxy) is 5. The molecule has 0 saturated carbocycles. The summed E-state index contributed by atoms with van der Waals surface area (Å²) < 4.78 is 29.2. The van der Waals surface area contributed by atoms with Gasteiger partial charge in [0.2, 0.25) is 0 Å². The van der Waals surface area contributed by atoms with E-state index in [2.05, 4.69) is 4.99 Å². The molecule has 0 bridgehead atoms. The average molecular weight is 581 g/mol. The molecule has 0 radical (unpaired) electrons. The summed E-state index contributed by atoms with van der Waals surface area (Å²) in [5.74, 6) is 0.523. The maximum atomic E-state index is 14.0. The van der Waals surface area contributed by atoms with Crippen molar-refractivity contribution in [1.82, 2.24) is 4.57 Å². The molecule has 0 N–H and O–H groups in total. The molecule has 1 atom stereocenters. The van der Waals surface area contributed by atoms with Crippen LogP contribution in [0.5, 0.6) is 23.0 Å². The number of fused-ring (bicyclic) bond motifs is 1. The van der Waals surface area contributed by atoms with E-state index in [-0.39, 0.29) is 35.2 Å². The van der Waals surface area contributed by atoms with Crippen LogP contribution in [0.25, 0.3) is 6.08 Å². The molecule has 0 spiro atoms. The zero-order chi connectivity index (χ0) is 29.8. The van der Waals surface area contributed by atoms with Crippen molar-refractivity contribution in [3.05, 3.63) is 78.5 Å². The van der Waals surface area contributed by atoms with Crippen LogP contribution in [-0.4, -0.2) is 44.4 Å². The van der Waals surface area contributed by atoms with Gasteiger partial charge < -0.3 is 23.7 Å². The number of thiazole rings is 1. The lowest BCUT2D eigenvalue weighted by atomic mass is 9.95. The minimum absolute atomic E-state index is 0.112. The number of hydrogen-bond donors (Lipinski definition) is 0. The van der Waals surface area contributed by atoms with Crippen molar-refractivity contribution in [2.45, 2.75) is 33.7 Å². The molecule has 0 amide bonds. The number of hydrogen-bond acceptors (Lipinski definition) is 10. The van der Waals surface area contributed by atoms with Crippen LogP contribution in [0.2, 0.25) is 0 Å². The molecule has 41 heavy (non-hydrogen) atoms. The van der Waals surface area contributed by atoms with E-state index in [9.17, 15) is 14.4 Å². The summed E-state index contributed by atoms with van der Waals surface area (Å²) in [6.07, 6.45) is 1.71. The van der Waals surface area contributed by atoms with Gasteiger partial charge in [0.15, 0.2) is 27.8 Å². The molecule has 0 unspecified atom stereocenters. The largest absolute Gasteiger partial charge is 0.493 e. The molecular formula is C30H32N2O8S. The number of benzene rings is 2. The summed E-state index contributed by atoms with van der Waals surface area (Å²) in [6, 6.07) is 9.40. The molecule has 0 aliphatic carbocycles. The Morgan fingerprint density at radius 1 is 1.05 bits per heavy atom. The Labute approximate surface area is 241 Å². The van der Waals surface area contributed by atoms with Crippen molar-refractivity contribution in [3.8, 4) is 23.0 Å². The Hall–Kier alpha value is -4.38. The standard InChI is InChI=1S/C30H32N2O8S/c1-16(2)15-39-29(35)25-17(3)31-30-32(26(25)19-11-12-21(40-18(4)33)23(13-19)37-6)28(34)24(41-30)14-20-9-8-10-22(36-5)27(20)38-7/h8-14,16,26H,15H2,1-7H3/b24-14+/t26-/m1/s1. The van der Waals surface area contributed by atoms with Gasteiger partial charge in [0, 0.05) is 12.5 Å². The van der Waals surface area contributed by atoms with Crippen LogP contribution < -0.4 is 33.8 Å². The fourth-order valence-electron chi connectivity index (χ4n) is 4.48. The van der Waals surface area contributed by atoms with Crippen LogP contribution in [0.1, 0.15) is 44.9 Å². The van der Waals surface area contributed by atoms with E-state index in [0.717, 1.165) is 0 Å². The van der Waals surface area contributed by atoms with Gasteiger partial charge in [0.05, 0.1) is 49.8 Å². The third-order valence-electron chi connectivity index (χ3n) is 6.27. The second kappa shape index (κ2) is 12.4. The first-order valence-corrected chi connectivity index (χ1v) is 13.7. The van der Waals surface area contributed by atoms with Crippen LogP contribution in [0, 0.1) is 5.92 Å². The van der Waals surface area contributed by atoms with Gasteiger partial charge in [-0.3, -0.25) is 14.2 Å². The predicted molar refractivity (Wildman–Crippen MR) is 153 cm³/mol. The van der Waals surface area contributed by atoms with Crippen LogP contribution in [0.15, 0.2) is 57.5 Å². The molecule has 1 aromatic heterocycles. The molecule has 0 saturated heterocycles. The van der Waals surface area contributed by atoms with Crippen molar-refractivity contribution in [2.75, 3.05) is 27.9 Å². The minimum atomic E-state index is -0.874. The molecular weight excluding hydrogens is 548 g/mol. The third-order valence-corrected chi connectivity index (χ3v) is 7.25. The van der Waals surface area contributed by atoms with Gasteiger partial charge in [-0.1, -0.05) is 43.4 Å². The van der Waals surface area contributed by atoms with Gasteiger partial charge in [-0.25, -0.2) is 9.79 Å². The summed E-state index contributed by atoms with van der Waals surface area (Å²) in [5.41, 5.74) is 1.50.